The zero-order valence-electron chi connectivity index (χ0n) is 7.84. The maximum absolute atomic E-state index is 13.1. The summed E-state index contributed by atoms with van der Waals surface area (Å²) in [4.78, 5) is 2.06. The van der Waals surface area contributed by atoms with E-state index in [0.29, 0.717) is 11.6 Å². The Labute approximate surface area is 96.3 Å². The summed E-state index contributed by atoms with van der Waals surface area (Å²) in [5.74, 6) is -0.319. The Balaban J connectivity index is 2.44. The van der Waals surface area contributed by atoms with Crippen molar-refractivity contribution in [3.05, 3.63) is 46.0 Å². The Kier molecular flexibility index (Phi) is 3.05. The monoisotopic (exact) mass is 241 g/mol. The van der Waals surface area contributed by atoms with Gasteiger partial charge in [0, 0.05) is 21.3 Å². The van der Waals surface area contributed by atoms with E-state index >= 15 is 0 Å². The van der Waals surface area contributed by atoms with E-state index in [1.165, 1.54) is 12.1 Å². The lowest BCUT2D eigenvalue weighted by Crippen LogP contribution is -1.90. The molecule has 0 aliphatic heterocycles. The van der Waals surface area contributed by atoms with Gasteiger partial charge in [0.1, 0.15) is 5.82 Å². The molecule has 2 N–H and O–H groups in total. The molecule has 1 aromatic heterocycles. The van der Waals surface area contributed by atoms with Gasteiger partial charge in [0.15, 0.2) is 0 Å². The van der Waals surface area contributed by atoms with Crippen molar-refractivity contribution in [3.63, 3.8) is 0 Å². The van der Waals surface area contributed by atoms with E-state index in [1.54, 1.807) is 17.4 Å². The third-order valence-electron chi connectivity index (χ3n) is 2.01. The van der Waals surface area contributed by atoms with Gasteiger partial charge >= 0.3 is 0 Å². The third-order valence-corrected chi connectivity index (χ3v) is 3.38. The van der Waals surface area contributed by atoms with Crippen LogP contribution in [-0.2, 0) is 6.54 Å². The molecule has 0 spiro atoms. The molecule has 0 fully saturated rings. The molecule has 78 valence electrons. The molecular weight excluding hydrogens is 233 g/mol. The molecule has 0 radical (unpaired) electrons. The third kappa shape index (κ3) is 2.37. The molecule has 4 heteroatoms. The highest BCUT2D eigenvalue weighted by molar-refractivity contribution is 7.15. The first kappa shape index (κ1) is 10.6. The average molecular weight is 242 g/mol. The highest BCUT2D eigenvalue weighted by atomic mass is 35.5. The Bertz CT molecular complexity index is 461. The Morgan fingerprint density at radius 2 is 2.07 bits per heavy atom. The molecule has 0 bridgehead atoms. The standard InChI is InChI=1S/C11H9ClFNS/c12-8-3-7(4-9(13)5-8)11-2-1-10(6-14)15-11/h1-5H,6,14H2. The summed E-state index contributed by atoms with van der Waals surface area (Å²) in [7, 11) is 0. The SMILES string of the molecule is NCc1ccc(-c2cc(F)cc(Cl)c2)s1. The predicted molar refractivity (Wildman–Crippen MR) is 62.6 cm³/mol. The van der Waals surface area contributed by atoms with Crippen LogP contribution in [0.1, 0.15) is 4.88 Å². The molecule has 0 aliphatic rings. The van der Waals surface area contributed by atoms with E-state index in [4.69, 9.17) is 17.3 Å². The molecule has 1 heterocycles. The topological polar surface area (TPSA) is 26.0 Å². The van der Waals surface area contributed by atoms with E-state index in [-0.39, 0.29) is 5.82 Å². The van der Waals surface area contributed by atoms with E-state index < -0.39 is 0 Å². The van der Waals surface area contributed by atoms with Crippen LogP contribution in [0, 0.1) is 5.82 Å². The molecular formula is C11H9ClFNS. The van der Waals surface area contributed by atoms with Crippen LogP contribution in [0.2, 0.25) is 5.02 Å². The van der Waals surface area contributed by atoms with Crippen molar-refractivity contribution in [2.24, 2.45) is 5.73 Å². The van der Waals surface area contributed by atoms with Crippen molar-refractivity contribution >= 4 is 22.9 Å². The number of hydrogen-bond acceptors (Lipinski definition) is 2. The minimum Gasteiger partial charge on any atom is -0.326 e. The molecule has 15 heavy (non-hydrogen) atoms. The zero-order valence-corrected chi connectivity index (χ0v) is 9.41. The van der Waals surface area contributed by atoms with Gasteiger partial charge in [-0.2, -0.15) is 0 Å². The molecule has 1 aromatic carbocycles. The minimum absolute atomic E-state index is 0.319. The summed E-state index contributed by atoms with van der Waals surface area (Å²) >= 11 is 7.33. The molecule has 2 rings (SSSR count). The summed E-state index contributed by atoms with van der Waals surface area (Å²) in [5, 5.41) is 0.410. The quantitative estimate of drug-likeness (QED) is 0.853. The van der Waals surface area contributed by atoms with Gasteiger partial charge < -0.3 is 5.73 Å². The van der Waals surface area contributed by atoms with Crippen LogP contribution in [0.5, 0.6) is 0 Å². The Morgan fingerprint density at radius 1 is 1.27 bits per heavy atom. The van der Waals surface area contributed by atoms with Gasteiger partial charge in [-0.3, -0.25) is 0 Å². The van der Waals surface area contributed by atoms with Gasteiger partial charge in [0.05, 0.1) is 0 Å². The molecule has 0 atom stereocenters. The van der Waals surface area contributed by atoms with Crippen molar-refractivity contribution in [2.45, 2.75) is 6.54 Å². The lowest BCUT2D eigenvalue weighted by molar-refractivity contribution is 0.628. The van der Waals surface area contributed by atoms with Gasteiger partial charge in [0.2, 0.25) is 0 Å². The molecule has 0 saturated heterocycles. The van der Waals surface area contributed by atoms with Gasteiger partial charge in [-0.25, -0.2) is 4.39 Å². The van der Waals surface area contributed by atoms with E-state index in [1.807, 2.05) is 12.1 Å². The van der Waals surface area contributed by atoms with Crippen molar-refractivity contribution < 1.29 is 4.39 Å². The fourth-order valence-corrected chi connectivity index (χ4v) is 2.43. The molecule has 0 amide bonds. The molecule has 0 aliphatic carbocycles. The van der Waals surface area contributed by atoms with E-state index in [0.717, 1.165) is 15.3 Å². The van der Waals surface area contributed by atoms with Gasteiger partial charge in [0.25, 0.3) is 0 Å². The minimum atomic E-state index is -0.319. The largest absolute Gasteiger partial charge is 0.326 e. The van der Waals surface area contributed by atoms with Crippen LogP contribution in [0.3, 0.4) is 0 Å². The second-order valence-electron chi connectivity index (χ2n) is 3.13. The Morgan fingerprint density at radius 3 is 2.67 bits per heavy atom. The summed E-state index contributed by atoms with van der Waals surface area (Å²) in [5.41, 5.74) is 6.31. The van der Waals surface area contributed by atoms with Gasteiger partial charge in [-0.15, -0.1) is 11.3 Å². The number of nitrogens with two attached hydrogens (primary N) is 1. The number of hydrogen-bond donors (Lipinski definition) is 1. The van der Waals surface area contributed by atoms with Crippen molar-refractivity contribution in [3.8, 4) is 10.4 Å². The van der Waals surface area contributed by atoms with E-state index in [9.17, 15) is 4.39 Å². The fourth-order valence-electron chi connectivity index (χ4n) is 1.34. The van der Waals surface area contributed by atoms with Crippen LogP contribution in [0.15, 0.2) is 30.3 Å². The summed E-state index contributed by atoms with van der Waals surface area (Å²) < 4.78 is 13.1. The van der Waals surface area contributed by atoms with Crippen LogP contribution in [0.25, 0.3) is 10.4 Å². The lowest BCUT2D eigenvalue weighted by atomic mass is 10.2. The molecule has 1 nitrogen and oxygen atoms in total. The first-order valence-electron chi connectivity index (χ1n) is 4.44. The Hall–Kier alpha value is -0.900. The second-order valence-corrected chi connectivity index (χ2v) is 4.73. The smallest absolute Gasteiger partial charge is 0.125 e. The van der Waals surface area contributed by atoms with Crippen LogP contribution in [0.4, 0.5) is 4.39 Å². The first-order valence-corrected chi connectivity index (χ1v) is 5.64. The fraction of sp³-hybridized carbons (Fsp3) is 0.0909. The number of halogens is 2. The molecule has 0 saturated carbocycles. The van der Waals surface area contributed by atoms with Crippen LogP contribution < -0.4 is 5.73 Å². The lowest BCUT2D eigenvalue weighted by Gasteiger charge is -1.98. The summed E-state index contributed by atoms with van der Waals surface area (Å²) in [6.45, 7) is 0.508. The van der Waals surface area contributed by atoms with Crippen molar-refractivity contribution in [1.29, 1.82) is 0 Å². The van der Waals surface area contributed by atoms with Crippen LogP contribution >= 0.6 is 22.9 Å². The van der Waals surface area contributed by atoms with Gasteiger partial charge in [-0.1, -0.05) is 11.6 Å². The normalized spacial score (nSPS) is 10.6. The first-order chi connectivity index (χ1) is 7.19. The maximum Gasteiger partial charge on any atom is 0.125 e. The predicted octanol–water partition coefficient (Wildman–Crippen LogP) is 3.67. The summed E-state index contributed by atoms with van der Waals surface area (Å²) in [6, 6.07) is 8.38. The number of thiophene rings is 1. The summed E-state index contributed by atoms with van der Waals surface area (Å²) in [6.07, 6.45) is 0. The molecule has 0 unspecified atom stereocenters. The maximum atomic E-state index is 13.1. The van der Waals surface area contributed by atoms with E-state index in [2.05, 4.69) is 0 Å². The van der Waals surface area contributed by atoms with Crippen molar-refractivity contribution in [1.82, 2.24) is 0 Å². The van der Waals surface area contributed by atoms with Crippen LogP contribution in [-0.4, -0.2) is 0 Å². The second kappa shape index (κ2) is 4.31. The number of benzene rings is 1. The van der Waals surface area contributed by atoms with Crippen molar-refractivity contribution in [2.75, 3.05) is 0 Å². The highest BCUT2D eigenvalue weighted by Gasteiger charge is 2.04. The molecule has 2 aromatic rings. The zero-order chi connectivity index (χ0) is 10.8. The highest BCUT2D eigenvalue weighted by Crippen LogP contribution is 2.30. The average Bonchev–Trinajstić information content (AvgIpc) is 2.64. The number of rotatable bonds is 2. The van der Waals surface area contributed by atoms with Gasteiger partial charge in [-0.05, 0) is 35.9 Å².